The fourth-order valence-corrected chi connectivity index (χ4v) is 2.24. The Labute approximate surface area is 138 Å². The average Bonchev–Trinajstić information content (AvgIpc) is 2.83. The second kappa shape index (κ2) is 7.13. The quantitative estimate of drug-likeness (QED) is 0.878. The lowest BCUT2D eigenvalue weighted by Crippen LogP contribution is -2.27. The van der Waals surface area contributed by atoms with Crippen LogP contribution in [0.2, 0.25) is 10.0 Å². The van der Waals surface area contributed by atoms with Crippen LogP contribution < -0.4 is 5.32 Å². The first-order valence-electron chi connectivity index (χ1n) is 6.87. The van der Waals surface area contributed by atoms with Crippen LogP contribution in [0.25, 0.3) is 5.69 Å². The SMILES string of the molecule is Cc1cc(C(=O)NCC[C@H](C)O)nn1-c1ccc(Cl)c(Cl)c1. The van der Waals surface area contributed by atoms with Gasteiger partial charge in [0.15, 0.2) is 5.69 Å². The van der Waals surface area contributed by atoms with Gasteiger partial charge < -0.3 is 10.4 Å². The molecule has 1 aromatic heterocycles. The molecular weight excluding hydrogens is 325 g/mol. The van der Waals surface area contributed by atoms with Crippen LogP contribution in [0, 0.1) is 6.92 Å². The number of amides is 1. The molecule has 1 aromatic carbocycles. The number of aliphatic hydroxyl groups excluding tert-OH is 1. The average molecular weight is 342 g/mol. The van der Waals surface area contributed by atoms with E-state index in [1.165, 1.54) is 0 Å². The maximum absolute atomic E-state index is 12.0. The van der Waals surface area contributed by atoms with Gasteiger partial charge in [-0.25, -0.2) is 4.68 Å². The van der Waals surface area contributed by atoms with Gasteiger partial charge in [0.1, 0.15) is 0 Å². The van der Waals surface area contributed by atoms with E-state index >= 15 is 0 Å². The van der Waals surface area contributed by atoms with Crippen molar-refractivity contribution in [3.63, 3.8) is 0 Å². The predicted molar refractivity (Wildman–Crippen MR) is 87.0 cm³/mol. The third-order valence-electron chi connectivity index (χ3n) is 3.12. The zero-order valence-corrected chi connectivity index (χ0v) is 13.8. The van der Waals surface area contributed by atoms with E-state index in [-0.39, 0.29) is 5.91 Å². The summed E-state index contributed by atoms with van der Waals surface area (Å²) in [4.78, 5) is 12.0. The lowest BCUT2D eigenvalue weighted by Gasteiger charge is -2.06. The van der Waals surface area contributed by atoms with Crippen LogP contribution in [-0.2, 0) is 0 Å². The minimum Gasteiger partial charge on any atom is -0.393 e. The first-order valence-corrected chi connectivity index (χ1v) is 7.62. The molecule has 0 aliphatic rings. The van der Waals surface area contributed by atoms with Gasteiger partial charge >= 0.3 is 0 Å². The van der Waals surface area contributed by atoms with E-state index < -0.39 is 6.10 Å². The highest BCUT2D eigenvalue weighted by Gasteiger charge is 2.13. The molecule has 0 spiro atoms. The lowest BCUT2D eigenvalue weighted by molar-refractivity contribution is 0.0940. The number of aromatic nitrogens is 2. The summed E-state index contributed by atoms with van der Waals surface area (Å²) < 4.78 is 1.63. The van der Waals surface area contributed by atoms with Gasteiger partial charge in [-0.3, -0.25) is 4.79 Å². The number of hydrogen-bond acceptors (Lipinski definition) is 3. The molecule has 5 nitrogen and oxygen atoms in total. The summed E-state index contributed by atoms with van der Waals surface area (Å²) in [6.45, 7) is 3.92. The highest BCUT2D eigenvalue weighted by Crippen LogP contribution is 2.25. The van der Waals surface area contributed by atoms with Crippen molar-refractivity contribution in [2.75, 3.05) is 6.54 Å². The number of aliphatic hydroxyl groups is 1. The predicted octanol–water partition coefficient (Wildman–Crippen LogP) is 2.99. The molecule has 1 heterocycles. The van der Waals surface area contributed by atoms with Gasteiger partial charge in [-0.2, -0.15) is 5.10 Å². The summed E-state index contributed by atoms with van der Waals surface area (Å²) in [6, 6.07) is 6.85. The number of nitrogens with one attached hydrogen (secondary N) is 1. The van der Waals surface area contributed by atoms with Crippen LogP contribution in [0.15, 0.2) is 24.3 Å². The standard InChI is InChI=1S/C15H17Cl2N3O2/c1-9-7-14(15(22)18-6-5-10(2)21)19-20(9)11-3-4-12(16)13(17)8-11/h3-4,7-8,10,21H,5-6H2,1-2H3,(H,18,22)/t10-/m0/s1. The third-order valence-corrected chi connectivity index (χ3v) is 3.85. The van der Waals surface area contributed by atoms with Crippen molar-refractivity contribution < 1.29 is 9.90 Å². The normalized spacial score (nSPS) is 12.2. The van der Waals surface area contributed by atoms with E-state index in [0.717, 1.165) is 11.4 Å². The van der Waals surface area contributed by atoms with E-state index in [1.54, 1.807) is 35.9 Å². The van der Waals surface area contributed by atoms with Gasteiger partial charge in [0, 0.05) is 12.2 Å². The molecule has 2 rings (SSSR count). The summed E-state index contributed by atoms with van der Waals surface area (Å²) in [7, 11) is 0. The number of aryl methyl sites for hydroxylation is 1. The third kappa shape index (κ3) is 4.00. The molecule has 1 atom stereocenters. The summed E-state index contributed by atoms with van der Waals surface area (Å²) in [5, 5.41) is 17.1. The Hall–Kier alpha value is -1.56. The van der Waals surface area contributed by atoms with Crippen molar-refractivity contribution in [1.29, 1.82) is 0 Å². The Morgan fingerprint density at radius 3 is 2.73 bits per heavy atom. The van der Waals surface area contributed by atoms with E-state index in [2.05, 4.69) is 10.4 Å². The van der Waals surface area contributed by atoms with Crippen molar-refractivity contribution >= 4 is 29.1 Å². The Bertz CT molecular complexity index is 683. The van der Waals surface area contributed by atoms with Crippen molar-refractivity contribution in [2.24, 2.45) is 0 Å². The Balaban J connectivity index is 2.17. The minimum absolute atomic E-state index is 0.275. The molecule has 22 heavy (non-hydrogen) atoms. The number of rotatable bonds is 5. The zero-order chi connectivity index (χ0) is 16.3. The molecule has 0 bridgehead atoms. The van der Waals surface area contributed by atoms with Gasteiger partial charge in [-0.1, -0.05) is 23.2 Å². The fraction of sp³-hybridized carbons (Fsp3) is 0.333. The summed E-state index contributed by atoms with van der Waals surface area (Å²) >= 11 is 11.9. The number of halogens is 2. The van der Waals surface area contributed by atoms with Crippen molar-refractivity contribution in [3.05, 3.63) is 45.7 Å². The highest BCUT2D eigenvalue weighted by molar-refractivity contribution is 6.42. The maximum Gasteiger partial charge on any atom is 0.271 e. The highest BCUT2D eigenvalue weighted by atomic mass is 35.5. The number of benzene rings is 1. The maximum atomic E-state index is 12.0. The topological polar surface area (TPSA) is 67.2 Å². The van der Waals surface area contributed by atoms with E-state index in [0.29, 0.717) is 28.7 Å². The summed E-state index contributed by atoms with van der Waals surface area (Å²) in [5.74, 6) is -0.275. The molecule has 2 N–H and O–H groups in total. The molecule has 118 valence electrons. The Morgan fingerprint density at radius 2 is 2.09 bits per heavy atom. The Morgan fingerprint density at radius 1 is 1.36 bits per heavy atom. The van der Waals surface area contributed by atoms with Gasteiger partial charge in [0.25, 0.3) is 5.91 Å². The number of hydrogen-bond donors (Lipinski definition) is 2. The van der Waals surface area contributed by atoms with Crippen LogP contribution in [0.4, 0.5) is 0 Å². The van der Waals surface area contributed by atoms with Gasteiger partial charge in [0.2, 0.25) is 0 Å². The molecule has 0 fully saturated rings. The molecule has 0 unspecified atom stereocenters. The van der Waals surface area contributed by atoms with Gasteiger partial charge in [0.05, 0.1) is 21.8 Å². The molecule has 0 saturated heterocycles. The van der Waals surface area contributed by atoms with Crippen molar-refractivity contribution in [1.82, 2.24) is 15.1 Å². The van der Waals surface area contributed by atoms with Crippen LogP contribution >= 0.6 is 23.2 Å². The smallest absolute Gasteiger partial charge is 0.271 e. The molecule has 2 aromatic rings. The monoisotopic (exact) mass is 341 g/mol. The van der Waals surface area contributed by atoms with Gasteiger partial charge in [-0.05, 0) is 44.5 Å². The van der Waals surface area contributed by atoms with Crippen LogP contribution in [0.3, 0.4) is 0 Å². The largest absolute Gasteiger partial charge is 0.393 e. The number of nitrogens with zero attached hydrogens (tertiary/aromatic N) is 2. The first kappa shape index (κ1) is 16.8. The fourth-order valence-electron chi connectivity index (χ4n) is 1.95. The number of carbonyl (C=O) groups excluding carboxylic acids is 1. The molecule has 0 radical (unpaired) electrons. The Kier molecular flexibility index (Phi) is 5.45. The van der Waals surface area contributed by atoms with Crippen molar-refractivity contribution in [3.8, 4) is 5.69 Å². The number of carbonyl (C=O) groups is 1. The van der Waals surface area contributed by atoms with Crippen LogP contribution in [-0.4, -0.2) is 33.4 Å². The molecule has 1 amide bonds. The minimum atomic E-state index is -0.448. The second-order valence-corrected chi connectivity index (χ2v) is 5.89. The van der Waals surface area contributed by atoms with Crippen LogP contribution in [0.5, 0.6) is 0 Å². The summed E-state index contributed by atoms with van der Waals surface area (Å²) in [5.41, 5.74) is 1.85. The molecular formula is C15H17Cl2N3O2. The summed E-state index contributed by atoms with van der Waals surface area (Å²) in [6.07, 6.45) is 0.0499. The first-order chi connectivity index (χ1) is 10.4. The molecule has 0 aliphatic carbocycles. The van der Waals surface area contributed by atoms with E-state index in [9.17, 15) is 9.90 Å². The van der Waals surface area contributed by atoms with Gasteiger partial charge in [-0.15, -0.1) is 0 Å². The van der Waals surface area contributed by atoms with E-state index in [1.807, 2.05) is 6.92 Å². The zero-order valence-electron chi connectivity index (χ0n) is 12.3. The van der Waals surface area contributed by atoms with Crippen molar-refractivity contribution in [2.45, 2.75) is 26.4 Å². The molecule has 7 heteroatoms. The second-order valence-electron chi connectivity index (χ2n) is 5.07. The lowest BCUT2D eigenvalue weighted by atomic mass is 10.3. The van der Waals surface area contributed by atoms with E-state index in [4.69, 9.17) is 23.2 Å². The van der Waals surface area contributed by atoms with Crippen LogP contribution in [0.1, 0.15) is 29.5 Å². The molecule has 0 saturated carbocycles. The molecule has 0 aliphatic heterocycles.